The number of azide groups is 1. The summed E-state index contributed by atoms with van der Waals surface area (Å²) in [6.07, 6.45) is -0.547. The van der Waals surface area contributed by atoms with Crippen molar-refractivity contribution in [1.82, 2.24) is 0 Å². The first-order valence-corrected chi connectivity index (χ1v) is 8.28. The molecule has 0 aliphatic heterocycles. The van der Waals surface area contributed by atoms with Crippen LogP contribution in [0.4, 0.5) is 0 Å². The van der Waals surface area contributed by atoms with Gasteiger partial charge >= 0.3 is 0 Å². The average molecular weight is 357 g/mol. The van der Waals surface area contributed by atoms with E-state index in [4.69, 9.17) is 19.7 Å². The molecule has 26 heavy (non-hydrogen) atoms. The fourth-order valence-electron chi connectivity index (χ4n) is 2.36. The van der Waals surface area contributed by atoms with Gasteiger partial charge in [-0.1, -0.05) is 47.6 Å². The second-order valence-corrected chi connectivity index (χ2v) is 5.65. The van der Waals surface area contributed by atoms with Crippen molar-refractivity contribution in [3.8, 4) is 5.75 Å². The molecule has 138 valence electrons. The van der Waals surface area contributed by atoms with E-state index in [1.165, 1.54) is 0 Å². The Kier molecular flexibility index (Phi) is 8.45. The highest BCUT2D eigenvalue weighted by Gasteiger charge is 2.21. The second-order valence-electron chi connectivity index (χ2n) is 5.65. The molecule has 0 amide bonds. The van der Waals surface area contributed by atoms with Crippen LogP contribution in [0.5, 0.6) is 5.75 Å². The van der Waals surface area contributed by atoms with Crippen molar-refractivity contribution in [2.75, 3.05) is 20.3 Å². The van der Waals surface area contributed by atoms with Crippen molar-refractivity contribution in [1.29, 1.82) is 0 Å². The Morgan fingerprint density at radius 1 is 1.04 bits per heavy atom. The van der Waals surface area contributed by atoms with Crippen molar-refractivity contribution in [3.05, 3.63) is 76.2 Å². The van der Waals surface area contributed by atoms with E-state index in [0.717, 1.165) is 16.9 Å². The minimum atomic E-state index is -0.709. The molecule has 2 aromatic carbocycles. The molecule has 0 unspecified atom stereocenters. The lowest BCUT2D eigenvalue weighted by atomic mass is 10.2. The third-order valence-corrected chi connectivity index (χ3v) is 3.83. The number of nitrogens with zero attached hydrogens (tertiary/aromatic N) is 3. The Hall–Kier alpha value is -2.57. The van der Waals surface area contributed by atoms with Gasteiger partial charge in [0.2, 0.25) is 0 Å². The van der Waals surface area contributed by atoms with E-state index in [2.05, 4.69) is 10.0 Å². The molecular weight excluding hydrogens is 334 g/mol. The highest BCUT2D eigenvalue weighted by Crippen LogP contribution is 2.14. The molecule has 2 atom stereocenters. The first kappa shape index (κ1) is 19.8. The molecule has 7 heteroatoms. The Labute approximate surface area is 152 Å². The lowest BCUT2D eigenvalue weighted by molar-refractivity contribution is -0.0487. The zero-order chi connectivity index (χ0) is 18.6. The van der Waals surface area contributed by atoms with Crippen LogP contribution in [0, 0.1) is 0 Å². The minimum Gasteiger partial charge on any atom is -0.497 e. The molecule has 0 aromatic heterocycles. The SMILES string of the molecule is COc1ccc(COC[C@@H](OCc2ccccc2)[C@H](CO)N=[N+]=[N-])cc1. The summed E-state index contributed by atoms with van der Waals surface area (Å²) < 4.78 is 16.7. The van der Waals surface area contributed by atoms with Gasteiger partial charge in [0.25, 0.3) is 0 Å². The van der Waals surface area contributed by atoms with Crippen LogP contribution in [0.2, 0.25) is 0 Å². The molecule has 0 radical (unpaired) electrons. The smallest absolute Gasteiger partial charge is 0.118 e. The molecule has 0 aliphatic carbocycles. The Morgan fingerprint density at radius 3 is 2.35 bits per heavy atom. The molecule has 0 saturated heterocycles. The van der Waals surface area contributed by atoms with Gasteiger partial charge in [0.15, 0.2) is 0 Å². The molecule has 0 bridgehead atoms. The fraction of sp³-hybridized carbons (Fsp3) is 0.368. The van der Waals surface area contributed by atoms with Crippen molar-refractivity contribution in [3.63, 3.8) is 0 Å². The van der Waals surface area contributed by atoms with Crippen molar-refractivity contribution < 1.29 is 19.3 Å². The van der Waals surface area contributed by atoms with E-state index < -0.39 is 12.1 Å². The molecule has 1 N–H and O–H groups in total. The lowest BCUT2D eigenvalue weighted by Crippen LogP contribution is -2.34. The van der Waals surface area contributed by atoms with Crippen molar-refractivity contribution in [2.45, 2.75) is 25.4 Å². The average Bonchev–Trinajstić information content (AvgIpc) is 2.70. The Balaban J connectivity index is 1.92. The van der Waals surface area contributed by atoms with Gasteiger partial charge in [-0.15, -0.1) is 0 Å². The summed E-state index contributed by atoms with van der Waals surface area (Å²) in [4.78, 5) is 2.78. The molecule has 0 fully saturated rings. The highest BCUT2D eigenvalue weighted by atomic mass is 16.5. The predicted molar refractivity (Wildman–Crippen MR) is 97.7 cm³/mol. The highest BCUT2D eigenvalue weighted by molar-refractivity contribution is 5.26. The molecule has 0 saturated carbocycles. The molecule has 0 spiro atoms. The quantitative estimate of drug-likeness (QED) is 0.378. The topological polar surface area (TPSA) is 96.7 Å². The first-order valence-electron chi connectivity index (χ1n) is 8.28. The summed E-state index contributed by atoms with van der Waals surface area (Å²) in [6.45, 7) is 0.608. The van der Waals surface area contributed by atoms with Crippen molar-refractivity contribution >= 4 is 0 Å². The maximum absolute atomic E-state index is 9.48. The molecule has 2 rings (SSSR count). The third-order valence-electron chi connectivity index (χ3n) is 3.83. The molecule has 0 heterocycles. The van der Waals surface area contributed by atoms with Crippen LogP contribution in [0.1, 0.15) is 11.1 Å². The molecule has 2 aromatic rings. The summed E-state index contributed by atoms with van der Waals surface area (Å²) in [5.41, 5.74) is 10.7. The summed E-state index contributed by atoms with van der Waals surface area (Å²) in [6, 6.07) is 16.5. The van der Waals surface area contributed by atoms with E-state index >= 15 is 0 Å². The van der Waals surface area contributed by atoms with E-state index in [0.29, 0.717) is 13.2 Å². The van der Waals surface area contributed by atoms with Crippen LogP contribution < -0.4 is 4.74 Å². The van der Waals surface area contributed by atoms with E-state index in [9.17, 15) is 5.11 Å². The van der Waals surface area contributed by atoms with Gasteiger partial charge < -0.3 is 19.3 Å². The van der Waals surface area contributed by atoms with Crippen molar-refractivity contribution in [2.24, 2.45) is 5.11 Å². The number of benzene rings is 2. The standard InChI is InChI=1S/C19H23N3O4/c1-24-17-9-7-16(8-10-17)12-25-14-19(18(11-23)21-22-20)26-13-15-5-3-2-4-6-15/h2-10,18-19,23H,11-14H2,1H3/t18-,19+/m0/s1. The third kappa shape index (κ3) is 6.38. The van der Waals surface area contributed by atoms with Gasteiger partial charge in [-0.05, 0) is 28.8 Å². The zero-order valence-corrected chi connectivity index (χ0v) is 14.7. The van der Waals surface area contributed by atoms with E-state index in [1.807, 2.05) is 54.6 Å². The number of hydrogen-bond donors (Lipinski definition) is 1. The molecular formula is C19H23N3O4. The summed E-state index contributed by atoms with van der Waals surface area (Å²) in [5.74, 6) is 0.779. The van der Waals surface area contributed by atoms with Gasteiger partial charge in [-0.2, -0.15) is 0 Å². The van der Waals surface area contributed by atoms with Gasteiger partial charge in [0.1, 0.15) is 5.75 Å². The maximum Gasteiger partial charge on any atom is 0.118 e. The van der Waals surface area contributed by atoms with Crippen LogP contribution in [0.15, 0.2) is 59.7 Å². The number of rotatable bonds is 11. The van der Waals surface area contributed by atoms with E-state index in [1.54, 1.807) is 7.11 Å². The fourth-order valence-corrected chi connectivity index (χ4v) is 2.36. The van der Waals surface area contributed by atoms with Gasteiger partial charge in [0.05, 0.1) is 45.7 Å². The normalized spacial score (nSPS) is 12.8. The Morgan fingerprint density at radius 2 is 1.73 bits per heavy atom. The predicted octanol–water partition coefficient (Wildman–Crippen LogP) is 3.47. The Bertz CT molecular complexity index is 688. The second kappa shape index (κ2) is 11.1. The zero-order valence-electron chi connectivity index (χ0n) is 14.7. The van der Waals surface area contributed by atoms with Crippen LogP contribution in [0.3, 0.4) is 0 Å². The summed E-state index contributed by atoms with van der Waals surface area (Å²) in [5, 5.41) is 13.1. The van der Waals surface area contributed by atoms with Gasteiger partial charge in [0, 0.05) is 4.91 Å². The monoisotopic (exact) mass is 357 g/mol. The first-order chi connectivity index (χ1) is 12.8. The van der Waals surface area contributed by atoms with Gasteiger partial charge in [-0.25, -0.2) is 0 Å². The summed E-state index contributed by atoms with van der Waals surface area (Å²) in [7, 11) is 1.62. The minimum absolute atomic E-state index is 0.198. The number of methoxy groups -OCH3 is 1. The van der Waals surface area contributed by atoms with Crippen LogP contribution in [0.25, 0.3) is 10.4 Å². The van der Waals surface area contributed by atoms with Gasteiger partial charge in [-0.3, -0.25) is 0 Å². The number of ether oxygens (including phenoxy) is 3. The molecule has 0 aliphatic rings. The van der Waals surface area contributed by atoms with E-state index in [-0.39, 0.29) is 13.2 Å². The largest absolute Gasteiger partial charge is 0.497 e. The van der Waals surface area contributed by atoms with Crippen LogP contribution in [-0.2, 0) is 22.7 Å². The molecule has 7 nitrogen and oxygen atoms in total. The maximum atomic E-state index is 9.48. The van der Waals surface area contributed by atoms with Crippen LogP contribution in [-0.4, -0.2) is 37.6 Å². The number of aliphatic hydroxyl groups excluding tert-OH is 1. The lowest BCUT2D eigenvalue weighted by Gasteiger charge is -2.22. The number of aliphatic hydroxyl groups is 1. The van der Waals surface area contributed by atoms with Crippen LogP contribution >= 0.6 is 0 Å². The summed E-state index contributed by atoms with van der Waals surface area (Å²) >= 11 is 0. The number of hydrogen-bond acceptors (Lipinski definition) is 5.